The number of pyridine rings is 1. The zero-order valence-electron chi connectivity index (χ0n) is 10.8. The van der Waals surface area contributed by atoms with Gasteiger partial charge < -0.3 is 5.32 Å². The van der Waals surface area contributed by atoms with E-state index in [2.05, 4.69) is 37.9 Å². The SMILES string of the molecule is CCCNc1ccc(NS(=O)(=O)c2ccc(Br)s2)cn1. The first-order valence-electron chi connectivity index (χ1n) is 5.99. The number of thiophene rings is 1. The molecule has 0 atom stereocenters. The average Bonchev–Trinajstić information content (AvgIpc) is 2.85. The highest BCUT2D eigenvalue weighted by Gasteiger charge is 2.16. The molecule has 0 aromatic carbocycles. The first-order chi connectivity index (χ1) is 9.51. The highest BCUT2D eigenvalue weighted by Crippen LogP contribution is 2.27. The predicted molar refractivity (Wildman–Crippen MR) is 85.8 cm³/mol. The second-order valence-corrected chi connectivity index (χ2v) is 8.40. The molecule has 20 heavy (non-hydrogen) atoms. The van der Waals surface area contributed by atoms with Crippen LogP contribution in [0.15, 0.2) is 38.5 Å². The van der Waals surface area contributed by atoms with Crippen molar-refractivity contribution in [1.82, 2.24) is 4.98 Å². The summed E-state index contributed by atoms with van der Waals surface area (Å²) < 4.78 is 27.8. The molecule has 2 heterocycles. The number of rotatable bonds is 6. The van der Waals surface area contributed by atoms with E-state index in [0.29, 0.717) is 5.69 Å². The second kappa shape index (κ2) is 6.55. The van der Waals surface area contributed by atoms with Crippen molar-refractivity contribution in [3.05, 3.63) is 34.2 Å². The van der Waals surface area contributed by atoms with Gasteiger partial charge in [-0.05, 0) is 46.6 Å². The minimum absolute atomic E-state index is 0.262. The van der Waals surface area contributed by atoms with Crippen LogP contribution in [0, 0.1) is 0 Å². The van der Waals surface area contributed by atoms with E-state index in [-0.39, 0.29) is 4.21 Å². The van der Waals surface area contributed by atoms with Crippen molar-refractivity contribution >= 4 is 48.8 Å². The molecule has 2 aromatic rings. The van der Waals surface area contributed by atoms with Crippen molar-refractivity contribution in [3.63, 3.8) is 0 Å². The smallest absolute Gasteiger partial charge is 0.271 e. The summed E-state index contributed by atoms with van der Waals surface area (Å²) in [6, 6.07) is 6.69. The van der Waals surface area contributed by atoms with E-state index in [1.54, 1.807) is 24.3 Å². The van der Waals surface area contributed by atoms with Gasteiger partial charge in [-0.2, -0.15) is 0 Å². The molecule has 8 heteroatoms. The minimum Gasteiger partial charge on any atom is -0.370 e. The van der Waals surface area contributed by atoms with E-state index in [1.807, 2.05) is 0 Å². The summed E-state index contributed by atoms with van der Waals surface area (Å²) in [5, 5.41) is 3.13. The number of hydrogen-bond acceptors (Lipinski definition) is 5. The molecule has 0 saturated heterocycles. The van der Waals surface area contributed by atoms with Crippen LogP contribution in [0.3, 0.4) is 0 Å². The van der Waals surface area contributed by atoms with Gasteiger partial charge in [-0.25, -0.2) is 13.4 Å². The Labute approximate surface area is 130 Å². The molecule has 0 bridgehead atoms. The molecule has 0 aliphatic rings. The summed E-state index contributed by atoms with van der Waals surface area (Å²) >= 11 is 4.41. The second-order valence-electron chi connectivity index (χ2n) is 4.02. The van der Waals surface area contributed by atoms with Gasteiger partial charge in [0.15, 0.2) is 0 Å². The van der Waals surface area contributed by atoms with Gasteiger partial charge in [0, 0.05) is 6.54 Å². The van der Waals surface area contributed by atoms with E-state index in [1.165, 1.54) is 6.20 Å². The summed E-state index contributed by atoms with van der Waals surface area (Å²) in [6.45, 7) is 2.90. The van der Waals surface area contributed by atoms with Crippen LogP contribution < -0.4 is 10.0 Å². The molecule has 2 rings (SSSR count). The van der Waals surface area contributed by atoms with Crippen LogP contribution in [0.1, 0.15) is 13.3 Å². The summed E-state index contributed by atoms with van der Waals surface area (Å²) in [5.41, 5.74) is 0.441. The number of aromatic nitrogens is 1. The van der Waals surface area contributed by atoms with Gasteiger partial charge in [0.05, 0.1) is 15.7 Å². The van der Waals surface area contributed by atoms with Crippen molar-refractivity contribution in [2.45, 2.75) is 17.6 Å². The molecule has 2 N–H and O–H groups in total. The molecular weight excluding hydrogens is 362 g/mol. The number of halogens is 1. The van der Waals surface area contributed by atoms with Crippen LogP contribution >= 0.6 is 27.3 Å². The highest BCUT2D eigenvalue weighted by atomic mass is 79.9. The molecule has 108 valence electrons. The van der Waals surface area contributed by atoms with Gasteiger partial charge in [0.2, 0.25) is 0 Å². The standard InChI is InChI=1S/C12H14BrN3O2S2/c1-2-7-14-11-5-3-9(8-15-11)16-20(17,18)12-6-4-10(13)19-12/h3-6,8,16H,2,7H2,1H3,(H,14,15). The van der Waals surface area contributed by atoms with E-state index < -0.39 is 10.0 Å². The third kappa shape index (κ3) is 3.94. The van der Waals surface area contributed by atoms with Crippen LogP contribution in [-0.2, 0) is 10.0 Å². The van der Waals surface area contributed by atoms with Crippen molar-refractivity contribution in [1.29, 1.82) is 0 Å². The van der Waals surface area contributed by atoms with Crippen LogP contribution in [-0.4, -0.2) is 19.9 Å². The molecule has 0 unspecified atom stereocenters. The fourth-order valence-electron chi connectivity index (χ4n) is 1.46. The minimum atomic E-state index is -3.54. The first-order valence-corrected chi connectivity index (χ1v) is 9.08. The van der Waals surface area contributed by atoms with Crippen LogP contribution in [0.2, 0.25) is 0 Å². The predicted octanol–water partition coefficient (Wildman–Crippen LogP) is 3.53. The lowest BCUT2D eigenvalue weighted by Gasteiger charge is -2.07. The lowest BCUT2D eigenvalue weighted by molar-refractivity contribution is 0.603. The van der Waals surface area contributed by atoms with Gasteiger partial charge in [-0.3, -0.25) is 4.72 Å². The fraction of sp³-hybridized carbons (Fsp3) is 0.250. The highest BCUT2D eigenvalue weighted by molar-refractivity contribution is 9.11. The Morgan fingerprint density at radius 3 is 2.65 bits per heavy atom. The largest absolute Gasteiger partial charge is 0.370 e. The molecule has 0 fully saturated rings. The van der Waals surface area contributed by atoms with Gasteiger partial charge in [-0.1, -0.05) is 6.92 Å². The summed E-state index contributed by atoms with van der Waals surface area (Å²) in [7, 11) is -3.54. The number of hydrogen-bond donors (Lipinski definition) is 2. The zero-order chi connectivity index (χ0) is 14.6. The van der Waals surface area contributed by atoms with E-state index in [0.717, 1.165) is 33.9 Å². The molecule has 0 aliphatic heterocycles. The van der Waals surface area contributed by atoms with Crippen molar-refractivity contribution in [2.24, 2.45) is 0 Å². The summed E-state index contributed by atoms with van der Waals surface area (Å²) in [4.78, 5) is 4.16. The Hall–Kier alpha value is -1.12. The zero-order valence-corrected chi connectivity index (χ0v) is 14.0. The van der Waals surface area contributed by atoms with Crippen LogP contribution in [0.4, 0.5) is 11.5 Å². The lowest BCUT2D eigenvalue weighted by Crippen LogP contribution is -2.11. The molecule has 0 saturated carbocycles. The normalized spacial score (nSPS) is 11.3. The van der Waals surface area contributed by atoms with Crippen molar-refractivity contribution in [3.8, 4) is 0 Å². The quantitative estimate of drug-likeness (QED) is 0.809. The Balaban J connectivity index is 2.09. The number of nitrogens with one attached hydrogen (secondary N) is 2. The molecule has 0 radical (unpaired) electrons. The van der Waals surface area contributed by atoms with Crippen LogP contribution in [0.5, 0.6) is 0 Å². The molecule has 0 aliphatic carbocycles. The Kier molecular flexibility index (Phi) is 5.00. The monoisotopic (exact) mass is 375 g/mol. The number of sulfonamides is 1. The van der Waals surface area contributed by atoms with E-state index in [9.17, 15) is 8.42 Å². The molecule has 0 amide bonds. The first kappa shape index (κ1) is 15.3. The fourth-order valence-corrected chi connectivity index (χ4v) is 4.51. The van der Waals surface area contributed by atoms with Gasteiger partial charge in [0.25, 0.3) is 10.0 Å². The van der Waals surface area contributed by atoms with Gasteiger partial charge >= 0.3 is 0 Å². The van der Waals surface area contributed by atoms with Gasteiger partial charge in [-0.15, -0.1) is 11.3 Å². The Morgan fingerprint density at radius 1 is 1.30 bits per heavy atom. The van der Waals surface area contributed by atoms with E-state index in [4.69, 9.17) is 0 Å². The van der Waals surface area contributed by atoms with E-state index >= 15 is 0 Å². The maximum absolute atomic E-state index is 12.1. The van der Waals surface area contributed by atoms with Crippen molar-refractivity contribution < 1.29 is 8.42 Å². The molecular formula is C12H14BrN3O2S2. The average molecular weight is 376 g/mol. The summed E-state index contributed by atoms with van der Waals surface area (Å²) in [5.74, 6) is 0.730. The maximum Gasteiger partial charge on any atom is 0.271 e. The summed E-state index contributed by atoms with van der Waals surface area (Å²) in [6.07, 6.45) is 2.50. The third-order valence-corrected chi connectivity index (χ3v) is 5.88. The molecule has 2 aromatic heterocycles. The van der Waals surface area contributed by atoms with Gasteiger partial charge in [0.1, 0.15) is 10.0 Å². The van der Waals surface area contributed by atoms with Crippen molar-refractivity contribution in [2.75, 3.05) is 16.6 Å². The topological polar surface area (TPSA) is 71.1 Å². The number of anilines is 2. The Morgan fingerprint density at radius 2 is 2.10 bits per heavy atom. The maximum atomic E-state index is 12.1. The third-order valence-electron chi connectivity index (χ3n) is 2.39. The number of nitrogens with zero attached hydrogens (tertiary/aromatic N) is 1. The molecule has 0 spiro atoms. The lowest BCUT2D eigenvalue weighted by atomic mass is 10.4. The van der Waals surface area contributed by atoms with Crippen LogP contribution in [0.25, 0.3) is 0 Å². The molecule has 5 nitrogen and oxygen atoms in total. The Bertz CT molecular complexity index is 668.